The van der Waals surface area contributed by atoms with E-state index in [1.165, 1.54) is 6.07 Å². The van der Waals surface area contributed by atoms with E-state index in [0.29, 0.717) is 5.69 Å². The van der Waals surface area contributed by atoms with Gasteiger partial charge >= 0.3 is 6.18 Å². The summed E-state index contributed by atoms with van der Waals surface area (Å²) < 4.78 is 38.8. The van der Waals surface area contributed by atoms with E-state index in [-0.39, 0.29) is 11.6 Å². The molecule has 0 radical (unpaired) electrons. The first-order valence-electron chi connectivity index (χ1n) is 6.18. The summed E-state index contributed by atoms with van der Waals surface area (Å²) in [6, 6.07) is 5.62. The van der Waals surface area contributed by atoms with Crippen LogP contribution in [0.4, 0.5) is 18.9 Å². The quantitative estimate of drug-likeness (QED) is 0.817. The lowest BCUT2D eigenvalue weighted by Gasteiger charge is -2.29. The maximum atomic E-state index is 12.9. The van der Waals surface area contributed by atoms with Crippen molar-refractivity contribution in [3.8, 4) is 6.07 Å². The number of rotatable bonds is 5. The number of hydrogen-bond donors (Lipinski definition) is 0. The van der Waals surface area contributed by atoms with Crippen LogP contribution in [-0.4, -0.2) is 25.1 Å². The molecule has 20 heavy (non-hydrogen) atoms. The number of benzene rings is 1. The Balaban J connectivity index is 3.18. The second-order valence-corrected chi connectivity index (χ2v) is 5.38. The normalized spacial score (nSPS) is 12.8. The molecule has 1 aromatic carbocycles. The molecule has 0 aliphatic heterocycles. The Hall–Kier alpha value is -1.35. The molecule has 1 unspecified atom stereocenters. The minimum absolute atomic E-state index is 0.166. The van der Waals surface area contributed by atoms with E-state index in [4.69, 9.17) is 5.26 Å². The van der Waals surface area contributed by atoms with Crippen LogP contribution in [0.15, 0.2) is 18.2 Å². The van der Waals surface area contributed by atoms with Gasteiger partial charge in [0.1, 0.15) is 0 Å². The van der Waals surface area contributed by atoms with Gasteiger partial charge in [0.15, 0.2) is 0 Å². The number of thioether (sulfide) groups is 1. The van der Waals surface area contributed by atoms with Crippen LogP contribution >= 0.6 is 11.8 Å². The standard InChI is InChI=1S/C14H17F3N2S/c1-4-11(9-20-3)19(2)12-6-5-10(8-18)13(7-12)14(15,16)17/h5-7,11H,4,9H2,1-3H3. The van der Waals surface area contributed by atoms with Crippen molar-refractivity contribution in [3.63, 3.8) is 0 Å². The predicted molar refractivity (Wildman–Crippen MR) is 77.0 cm³/mol. The third-order valence-electron chi connectivity index (χ3n) is 3.21. The van der Waals surface area contributed by atoms with Crippen molar-refractivity contribution < 1.29 is 13.2 Å². The van der Waals surface area contributed by atoms with Crippen molar-refractivity contribution in [3.05, 3.63) is 29.3 Å². The van der Waals surface area contributed by atoms with Crippen LogP contribution in [0.25, 0.3) is 0 Å². The van der Waals surface area contributed by atoms with Gasteiger partial charge in [0, 0.05) is 24.5 Å². The number of nitriles is 1. The first-order valence-corrected chi connectivity index (χ1v) is 7.57. The molecule has 1 rings (SSSR count). The Labute approximate surface area is 121 Å². The van der Waals surface area contributed by atoms with Crippen LogP contribution < -0.4 is 4.90 Å². The van der Waals surface area contributed by atoms with Gasteiger partial charge in [-0.2, -0.15) is 30.2 Å². The molecule has 0 saturated heterocycles. The van der Waals surface area contributed by atoms with Gasteiger partial charge in [-0.15, -0.1) is 0 Å². The molecule has 1 atom stereocenters. The Kier molecular flexibility index (Phi) is 5.75. The largest absolute Gasteiger partial charge is 0.417 e. The zero-order valence-electron chi connectivity index (χ0n) is 11.7. The number of hydrogen-bond acceptors (Lipinski definition) is 3. The summed E-state index contributed by atoms with van der Waals surface area (Å²) in [5, 5.41) is 8.78. The lowest BCUT2D eigenvalue weighted by Crippen LogP contribution is -2.33. The van der Waals surface area contributed by atoms with E-state index in [1.54, 1.807) is 30.9 Å². The molecule has 0 heterocycles. The Morgan fingerprint density at radius 1 is 1.40 bits per heavy atom. The zero-order chi connectivity index (χ0) is 15.3. The van der Waals surface area contributed by atoms with Crippen LogP contribution in [0.2, 0.25) is 0 Å². The van der Waals surface area contributed by atoms with Gasteiger partial charge in [-0.05, 0) is 30.9 Å². The maximum Gasteiger partial charge on any atom is 0.417 e. The van der Waals surface area contributed by atoms with Crippen LogP contribution in [0.1, 0.15) is 24.5 Å². The molecule has 6 heteroatoms. The predicted octanol–water partition coefficient (Wildman–Crippen LogP) is 4.15. The van der Waals surface area contributed by atoms with Crippen molar-refractivity contribution in [2.45, 2.75) is 25.6 Å². The first-order chi connectivity index (χ1) is 9.35. The van der Waals surface area contributed by atoms with E-state index < -0.39 is 11.7 Å². The summed E-state index contributed by atoms with van der Waals surface area (Å²) in [4.78, 5) is 1.84. The summed E-state index contributed by atoms with van der Waals surface area (Å²) >= 11 is 1.66. The highest BCUT2D eigenvalue weighted by molar-refractivity contribution is 7.98. The second kappa shape index (κ2) is 6.89. The van der Waals surface area contributed by atoms with Gasteiger partial charge in [-0.1, -0.05) is 6.92 Å². The average molecular weight is 302 g/mol. The second-order valence-electron chi connectivity index (χ2n) is 4.47. The van der Waals surface area contributed by atoms with E-state index in [0.717, 1.165) is 18.2 Å². The minimum Gasteiger partial charge on any atom is -0.371 e. The topological polar surface area (TPSA) is 27.0 Å². The fourth-order valence-electron chi connectivity index (χ4n) is 1.99. The third kappa shape index (κ3) is 3.83. The maximum absolute atomic E-state index is 12.9. The van der Waals surface area contributed by atoms with Gasteiger partial charge in [-0.3, -0.25) is 0 Å². The number of halogens is 3. The molecule has 0 saturated carbocycles. The molecular weight excluding hydrogens is 285 g/mol. The molecule has 0 amide bonds. The monoisotopic (exact) mass is 302 g/mol. The van der Waals surface area contributed by atoms with Crippen LogP contribution in [-0.2, 0) is 6.18 Å². The highest BCUT2D eigenvalue weighted by Crippen LogP contribution is 2.34. The molecule has 110 valence electrons. The smallest absolute Gasteiger partial charge is 0.371 e. The fraction of sp³-hybridized carbons (Fsp3) is 0.500. The van der Waals surface area contributed by atoms with Gasteiger partial charge in [0.05, 0.1) is 17.2 Å². The summed E-state index contributed by atoms with van der Waals surface area (Å²) in [5.74, 6) is 0.842. The van der Waals surface area contributed by atoms with Crippen molar-refractivity contribution in [1.29, 1.82) is 5.26 Å². The van der Waals surface area contributed by atoms with E-state index in [2.05, 4.69) is 0 Å². The van der Waals surface area contributed by atoms with Crippen molar-refractivity contribution >= 4 is 17.4 Å². The molecule has 0 fully saturated rings. The lowest BCUT2D eigenvalue weighted by atomic mass is 10.1. The summed E-state index contributed by atoms with van der Waals surface area (Å²) in [6.45, 7) is 2.01. The van der Waals surface area contributed by atoms with Gasteiger partial charge in [0.2, 0.25) is 0 Å². The third-order valence-corrected chi connectivity index (χ3v) is 3.93. The molecular formula is C14H17F3N2S. The molecule has 0 spiro atoms. The molecule has 0 N–H and O–H groups in total. The summed E-state index contributed by atoms with van der Waals surface area (Å²) in [6.07, 6.45) is -1.70. The summed E-state index contributed by atoms with van der Waals surface area (Å²) in [7, 11) is 1.78. The van der Waals surface area contributed by atoms with E-state index >= 15 is 0 Å². The van der Waals surface area contributed by atoms with Gasteiger partial charge in [-0.25, -0.2) is 0 Å². The molecule has 0 aliphatic rings. The van der Waals surface area contributed by atoms with Crippen LogP contribution in [0, 0.1) is 11.3 Å². The van der Waals surface area contributed by atoms with Crippen molar-refractivity contribution in [2.24, 2.45) is 0 Å². The Morgan fingerprint density at radius 2 is 2.05 bits per heavy atom. The molecule has 0 aromatic heterocycles. The van der Waals surface area contributed by atoms with Crippen LogP contribution in [0.3, 0.4) is 0 Å². The van der Waals surface area contributed by atoms with Crippen molar-refractivity contribution in [2.75, 3.05) is 24.0 Å². The Morgan fingerprint density at radius 3 is 2.50 bits per heavy atom. The number of nitrogens with zero attached hydrogens (tertiary/aromatic N) is 2. The molecule has 0 bridgehead atoms. The van der Waals surface area contributed by atoms with E-state index in [1.807, 2.05) is 18.1 Å². The molecule has 2 nitrogen and oxygen atoms in total. The van der Waals surface area contributed by atoms with E-state index in [9.17, 15) is 13.2 Å². The molecule has 0 aliphatic carbocycles. The average Bonchev–Trinajstić information content (AvgIpc) is 2.42. The van der Waals surface area contributed by atoms with Gasteiger partial charge in [0.25, 0.3) is 0 Å². The first kappa shape index (κ1) is 16.7. The Bertz CT molecular complexity index is 494. The minimum atomic E-state index is -4.51. The fourth-order valence-corrected chi connectivity index (χ4v) is 2.83. The highest BCUT2D eigenvalue weighted by Gasteiger charge is 2.34. The SMILES string of the molecule is CCC(CSC)N(C)c1ccc(C#N)c(C(F)(F)F)c1. The number of alkyl halides is 3. The van der Waals surface area contributed by atoms with Gasteiger partial charge < -0.3 is 4.90 Å². The van der Waals surface area contributed by atoms with Crippen molar-refractivity contribution in [1.82, 2.24) is 0 Å². The molecule has 1 aromatic rings. The summed E-state index contributed by atoms with van der Waals surface area (Å²) in [5.41, 5.74) is -0.729. The number of anilines is 1. The van der Waals surface area contributed by atoms with Crippen LogP contribution in [0.5, 0.6) is 0 Å². The lowest BCUT2D eigenvalue weighted by molar-refractivity contribution is -0.137. The highest BCUT2D eigenvalue weighted by atomic mass is 32.2. The zero-order valence-corrected chi connectivity index (χ0v) is 12.5.